The lowest BCUT2D eigenvalue weighted by molar-refractivity contribution is 0.923. The third kappa shape index (κ3) is 2.78. The van der Waals surface area contributed by atoms with Gasteiger partial charge in [-0.3, -0.25) is 15.1 Å². The molecule has 0 saturated heterocycles. The minimum Gasteiger partial charge on any atom is -0.283 e. The maximum Gasteiger partial charge on any atom is 0.146 e. The fourth-order valence-corrected chi connectivity index (χ4v) is 3.26. The van der Waals surface area contributed by atoms with Crippen LogP contribution in [0.25, 0.3) is 38.9 Å². The molecule has 0 bridgehead atoms. The Morgan fingerprint density at radius 1 is 0.889 bits per heavy atom. The van der Waals surface area contributed by atoms with Crippen LogP contribution in [0.4, 0.5) is 0 Å². The molecule has 2 N–H and O–H groups in total. The second-order valence-corrected chi connectivity index (χ2v) is 6.14. The number of halogens is 1. The monoisotopic (exact) mass is 373 g/mol. The van der Waals surface area contributed by atoms with E-state index in [4.69, 9.17) is 10.4 Å². The smallest absolute Gasteiger partial charge is 0.146 e. The van der Waals surface area contributed by atoms with Gasteiger partial charge in [-0.2, -0.15) is 5.10 Å². The van der Waals surface area contributed by atoms with E-state index in [0.717, 1.165) is 38.9 Å². The maximum atomic E-state index is 8.84. The van der Waals surface area contributed by atoms with Crippen molar-refractivity contribution in [3.05, 3.63) is 84.5 Å². The highest BCUT2D eigenvalue weighted by Gasteiger charge is 2.13. The van der Waals surface area contributed by atoms with Crippen molar-refractivity contribution in [2.75, 3.05) is 0 Å². The van der Waals surface area contributed by atoms with Gasteiger partial charge in [-0.25, -0.2) is 4.98 Å². The fraction of sp³-hybridized carbons (Fsp3) is 0. The average Bonchev–Trinajstić information content (AvgIpc) is 3.16. The van der Waals surface area contributed by atoms with Crippen LogP contribution in [0.2, 0.25) is 0 Å². The summed E-state index contributed by atoms with van der Waals surface area (Å²) in [7, 11) is 0. The van der Waals surface area contributed by atoms with E-state index < -0.39 is 0 Å². The fourth-order valence-electron chi connectivity index (χ4n) is 3.26. The zero-order valence-electron chi connectivity index (χ0n) is 14.3. The van der Waals surface area contributed by atoms with E-state index in [1.54, 1.807) is 6.20 Å². The van der Waals surface area contributed by atoms with Crippen molar-refractivity contribution < 1.29 is 0 Å². The van der Waals surface area contributed by atoms with Crippen LogP contribution in [-0.2, 0) is 0 Å². The van der Waals surface area contributed by atoms with Crippen LogP contribution in [0, 0.1) is 5.41 Å². The van der Waals surface area contributed by atoms with Crippen LogP contribution in [0.1, 0.15) is 0 Å². The number of H-pyrrole nitrogens is 1. The van der Waals surface area contributed by atoms with Crippen molar-refractivity contribution >= 4 is 34.2 Å². The molecule has 0 aliphatic heterocycles. The number of fused-ring (bicyclic) bond motifs is 2. The van der Waals surface area contributed by atoms with Gasteiger partial charge in [0.1, 0.15) is 11.3 Å². The average molecular weight is 374 g/mol. The number of rotatable bonds is 2. The molecule has 0 amide bonds. The summed E-state index contributed by atoms with van der Waals surface area (Å²) >= 11 is 0. The van der Waals surface area contributed by atoms with E-state index in [-0.39, 0.29) is 12.4 Å². The van der Waals surface area contributed by atoms with Gasteiger partial charge >= 0.3 is 0 Å². The standard InChI is InChI=1S/C21H15N5.ClH/c22-20-17-8-4-5-9-19(17)24-21(14-6-2-1-3-7-14)26(20)16-10-11-18-15(12-16)13-23-25-18;/h1-13,22H,(H,23,25);1H. The van der Waals surface area contributed by atoms with Gasteiger partial charge in [-0.1, -0.05) is 42.5 Å². The van der Waals surface area contributed by atoms with Gasteiger partial charge in [0.05, 0.1) is 17.2 Å². The van der Waals surface area contributed by atoms with Gasteiger partial charge in [0, 0.05) is 22.0 Å². The molecule has 6 heteroatoms. The molecule has 0 aliphatic rings. The van der Waals surface area contributed by atoms with E-state index in [9.17, 15) is 0 Å². The van der Waals surface area contributed by atoms with E-state index >= 15 is 0 Å². The number of hydrogen-bond acceptors (Lipinski definition) is 3. The number of nitrogens with zero attached hydrogens (tertiary/aromatic N) is 3. The summed E-state index contributed by atoms with van der Waals surface area (Å²) in [6, 6.07) is 23.8. The number of aromatic nitrogens is 4. The highest BCUT2D eigenvalue weighted by Crippen LogP contribution is 2.23. The Kier molecular flexibility index (Phi) is 4.22. The summed E-state index contributed by atoms with van der Waals surface area (Å²) in [5.74, 6) is 0.747. The molecule has 132 valence electrons. The van der Waals surface area contributed by atoms with Crippen molar-refractivity contribution in [2.24, 2.45) is 0 Å². The van der Waals surface area contributed by atoms with Crippen molar-refractivity contribution in [2.45, 2.75) is 0 Å². The van der Waals surface area contributed by atoms with Crippen LogP contribution in [0.5, 0.6) is 0 Å². The second kappa shape index (κ2) is 6.70. The van der Waals surface area contributed by atoms with Gasteiger partial charge < -0.3 is 0 Å². The largest absolute Gasteiger partial charge is 0.283 e. The molecular weight excluding hydrogens is 358 g/mol. The molecule has 27 heavy (non-hydrogen) atoms. The van der Waals surface area contributed by atoms with E-state index in [2.05, 4.69) is 10.2 Å². The first-order chi connectivity index (χ1) is 12.8. The highest BCUT2D eigenvalue weighted by molar-refractivity contribution is 5.85. The highest BCUT2D eigenvalue weighted by atomic mass is 35.5. The van der Waals surface area contributed by atoms with Gasteiger partial charge in [-0.15, -0.1) is 12.4 Å². The van der Waals surface area contributed by atoms with Crippen molar-refractivity contribution in [1.82, 2.24) is 19.7 Å². The minimum absolute atomic E-state index is 0. The lowest BCUT2D eigenvalue weighted by Gasteiger charge is -2.15. The van der Waals surface area contributed by atoms with Crippen LogP contribution >= 0.6 is 12.4 Å². The van der Waals surface area contributed by atoms with Crippen LogP contribution in [-0.4, -0.2) is 19.7 Å². The molecule has 0 atom stereocenters. The zero-order chi connectivity index (χ0) is 17.5. The van der Waals surface area contributed by atoms with Crippen LogP contribution < -0.4 is 5.49 Å². The molecule has 0 fully saturated rings. The Hall–Kier alpha value is -3.44. The van der Waals surface area contributed by atoms with Gasteiger partial charge in [0.2, 0.25) is 0 Å². The Balaban J connectivity index is 0.00000180. The zero-order valence-corrected chi connectivity index (χ0v) is 15.1. The lowest BCUT2D eigenvalue weighted by atomic mass is 10.1. The summed E-state index contributed by atoms with van der Waals surface area (Å²) in [4.78, 5) is 4.87. The summed E-state index contributed by atoms with van der Waals surface area (Å²) in [5.41, 5.74) is 4.06. The normalized spacial score (nSPS) is 10.8. The molecule has 5 nitrogen and oxygen atoms in total. The molecule has 0 unspecified atom stereocenters. The number of hydrogen-bond donors (Lipinski definition) is 2. The molecule has 2 heterocycles. The Morgan fingerprint density at radius 2 is 1.67 bits per heavy atom. The minimum atomic E-state index is 0. The SMILES string of the molecule is Cl.N=c1c2ccccc2nc(-c2ccccc2)n1-c1ccc2[nH]ncc2c1. The summed E-state index contributed by atoms with van der Waals surface area (Å²) in [6.07, 6.45) is 1.79. The van der Waals surface area contributed by atoms with Gasteiger partial charge in [0.15, 0.2) is 0 Å². The molecule has 0 spiro atoms. The summed E-state index contributed by atoms with van der Waals surface area (Å²) in [6.45, 7) is 0. The molecule has 0 saturated carbocycles. The van der Waals surface area contributed by atoms with Crippen molar-refractivity contribution in [1.29, 1.82) is 5.41 Å². The molecule has 0 radical (unpaired) electrons. The van der Waals surface area contributed by atoms with Crippen molar-refractivity contribution in [3.63, 3.8) is 0 Å². The van der Waals surface area contributed by atoms with Crippen molar-refractivity contribution in [3.8, 4) is 17.1 Å². The first-order valence-corrected chi connectivity index (χ1v) is 8.36. The van der Waals surface area contributed by atoms with Gasteiger partial charge in [-0.05, 0) is 30.3 Å². The summed E-state index contributed by atoms with van der Waals surface area (Å²) in [5, 5.41) is 17.7. The first kappa shape index (κ1) is 17.0. The first-order valence-electron chi connectivity index (χ1n) is 8.36. The number of benzene rings is 3. The quantitative estimate of drug-likeness (QED) is 0.479. The van der Waals surface area contributed by atoms with Crippen LogP contribution in [0.3, 0.4) is 0 Å². The number of aromatic amines is 1. The van der Waals surface area contributed by atoms with Crippen LogP contribution in [0.15, 0.2) is 79.0 Å². The third-order valence-electron chi connectivity index (χ3n) is 4.53. The number of para-hydroxylation sites is 1. The second-order valence-electron chi connectivity index (χ2n) is 6.14. The molecule has 2 aromatic heterocycles. The Labute approximate surface area is 161 Å². The predicted molar refractivity (Wildman–Crippen MR) is 109 cm³/mol. The summed E-state index contributed by atoms with van der Waals surface area (Å²) < 4.78 is 1.89. The maximum absolute atomic E-state index is 8.84. The molecular formula is C21H16ClN5. The molecule has 3 aromatic carbocycles. The molecule has 5 rings (SSSR count). The topological polar surface area (TPSA) is 70.3 Å². The van der Waals surface area contributed by atoms with Gasteiger partial charge in [0.25, 0.3) is 0 Å². The third-order valence-corrected chi connectivity index (χ3v) is 4.53. The number of nitrogens with one attached hydrogen (secondary N) is 2. The molecule has 0 aliphatic carbocycles. The lowest BCUT2D eigenvalue weighted by Crippen LogP contribution is -2.22. The predicted octanol–water partition coefficient (Wildman–Crippen LogP) is 4.47. The van der Waals surface area contributed by atoms with E-state index in [1.165, 1.54) is 0 Å². The Morgan fingerprint density at radius 3 is 2.52 bits per heavy atom. The Bertz CT molecular complexity index is 1300. The molecule has 5 aromatic rings. The van der Waals surface area contributed by atoms with E-state index in [1.807, 2.05) is 77.4 Å². The van der Waals surface area contributed by atoms with E-state index in [0.29, 0.717) is 5.49 Å².